The summed E-state index contributed by atoms with van der Waals surface area (Å²) in [4.78, 5) is 23.0. The van der Waals surface area contributed by atoms with Gasteiger partial charge in [0.25, 0.3) is 0 Å². The highest BCUT2D eigenvalue weighted by molar-refractivity contribution is 6.03. The van der Waals surface area contributed by atoms with Gasteiger partial charge in [-0.25, -0.2) is 9.59 Å². The van der Waals surface area contributed by atoms with Crippen LogP contribution in [0.15, 0.2) is 12.1 Å². The lowest BCUT2D eigenvalue weighted by atomic mass is 9.88. The van der Waals surface area contributed by atoms with Crippen molar-refractivity contribution in [3.05, 3.63) is 34.4 Å². The van der Waals surface area contributed by atoms with E-state index in [0.717, 1.165) is 37.7 Å². The third kappa shape index (κ3) is 5.70. The van der Waals surface area contributed by atoms with E-state index in [1.165, 1.54) is 12.5 Å². The Morgan fingerprint density at radius 2 is 1.65 bits per heavy atom. The number of aromatic carboxylic acids is 2. The minimum atomic E-state index is -1.18. The monoisotopic (exact) mass is 320 g/mol. The van der Waals surface area contributed by atoms with Gasteiger partial charge in [0.2, 0.25) is 0 Å². The maximum Gasteiger partial charge on any atom is 0.336 e. The van der Waals surface area contributed by atoms with Gasteiger partial charge in [-0.15, -0.1) is 0 Å². The van der Waals surface area contributed by atoms with Crippen molar-refractivity contribution in [3.8, 4) is 0 Å². The predicted octanol–water partition coefficient (Wildman–Crippen LogP) is 4.79. The Bertz CT molecular complexity index is 547. The Labute approximate surface area is 138 Å². The van der Waals surface area contributed by atoms with Crippen LogP contribution >= 0.6 is 0 Å². The molecule has 0 spiro atoms. The van der Waals surface area contributed by atoms with Crippen molar-refractivity contribution < 1.29 is 19.8 Å². The molecule has 0 heterocycles. The van der Waals surface area contributed by atoms with Crippen molar-refractivity contribution >= 4 is 11.9 Å². The Morgan fingerprint density at radius 1 is 1.00 bits per heavy atom. The van der Waals surface area contributed by atoms with E-state index in [1.54, 1.807) is 6.07 Å². The van der Waals surface area contributed by atoms with Gasteiger partial charge in [0.05, 0.1) is 11.1 Å². The summed E-state index contributed by atoms with van der Waals surface area (Å²) in [5, 5.41) is 18.8. The Kier molecular flexibility index (Phi) is 7.79. The van der Waals surface area contributed by atoms with Gasteiger partial charge in [0.1, 0.15) is 0 Å². The van der Waals surface area contributed by atoms with Crippen LogP contribution < -0.4 is 0 Å². The summed E-state index contributed by atoms with van der Waals surface area (Å²) in [5.74, 6) is -1.92. The first-order valence-corrected chi connectivity index (χ1v) is 8.49. The van der Waals surface area contributed by atoms with Crippen LogP contribution in [0.5, 0.6) is 0 Å². The zero-order chi connectivity index (χ0) is 17.4. The van der Waals surface area contributed by atoms with Crippen LogP contribution in [0.25, 0.3) is 0 Å². The average Bonchev–Trinajstić information content (AvgIpc) is 2.46. The summed E-state index contributed by atoms with van der Waals surface area (Å²) in [5.41, 5.74) is 1.56. The number of rotatable bonds is 10. The molecule has 23 heavy (non-hydrogen) atoms. The molecule has 1 aromatic rings. The Balaban J connectivity index is 3.14. The van der Waals surface area contributed by atoms with Crippen LogP contribution in [-0.2, 0) is 12.8 Å². The summed E-state index contributed by atoms with van der Waals surface area (Å²) in [7, 11) is 0. The van der Waals surface area contributed by atoms with Crippen LogP contribution in [0, 0.1) is 5.92 Å². The molecule has 0 fully saturated rings. The zero-order valence-corrected chi connectivity index (χ0v) is 14.4. The van der Waals surface area contributed by atoms with Gasteiger partial charge in [0.15, 0.2) is 0 Å². The van der Waals surface area contributed by atoms with E-state index in [1.807, 2.05) is 0 Å². The molecule has 1 rings (SSSR count). The van der Waals surface area contributed by atoms with Crippen molar-refractivity contribution in [1.29, 1.82) is 0 Å². The predicted molar refractivity (Wildman–Crippen MR) is 91.4 cm³/mol. The molecule has 0 amide bonds. The maximum atomic E-state index is 11.7. The first kappa shape index (κ1) is 19.2. The molecule has 0 radical (unpaired) electrons. The second-order valence-electron chi connectivity index (χ2n) is 6.50. The quantitative estimate of drug-likeness (QED) is 0.608. The molecule has 0 aliphatic heterocycles. The molecule has 4 nitrogen and oxygen atoms in total. The van der Waals surface area contributed by atoms with E-state index in [9.17, 15) is 19.8 Å². The third-order valence-electron chi connectivity index (χ3n) is 4.01. The lowest BCUT2D eigenvalue weighted by Gasteiger charge is -2.16. The van der Waals surface area contributed by atoms with Crippen molar-refractivity contribution in [3.63, 3.8) is 0 Å². The van der Waals surface area contributed by atoms with Gasteiger partial charge in [-0.2, -0.15) is 0 Å². The van der Waals surface area contributed by atoms with Crippen molar-refractivity contribution in [2.75, 3.05) is 0 Å². The number of unbranched alkanes of at least 4 members (excludes halogenated alkanes) is 4. The lowest BCUT2D eigenvalue weighted by Crippen LogP contribution is -2.14. The summed E-state index contributed by atoms with van der Waals surface area (Å²) in [6, 6.07) is 3.22. The highest BCUT2D eigenvalue weighted by Crippen LogP contribution is 2.25. The first-order chi connectivity index (χ1) is 10.9. The standard InChI is InChI=1S/C19H28O4/c1-4-5-6-7-8-9-15-14(12-13(2)3)10-11-16(18(20)21)17(15)19(22)23/h10-11,13H,4-9,12H2,1-3H3,(H,20,21)(H,22,23). The number of carboxylic acid groups (broad SMARTS) is 2. The molecule has 2 N–H and O–H groups in total. The fourth-order valence-electron chi connectivity index (χ4n) is 2.94. The maximum absolute atomic E-state index is 11.7. The number of hydrogen-bond acceptors (Lipinski definition) is 2. The van der Waals surface area contributed by atoms with Gasteiger partial charge in [-0.1, -0.05) is 52.5 Å². The minimum Gasteiger partial charge on any atom is -0.478 e. The van der Waals surface area contributed by atoms with Gasteiger partial charge in [-0.05, 0) is 42.4 Å². The normalized spacial score (nSPS) is 11.0. The van der Waals surface area contributed by atoms with Gasteiger partial charge in [0, 0.05) is 0 Å². The molecule has 0 unspecified atom stereocenters. The summed E-state index contributed by atoms with van der Waals surface area (Å²) in [6.45, 7) is 6.31. The van der Waals surface area contributed by atoms with Crippen LogP contribution in [0.3, 0.4) is 0 Å². The van der Waals surface area contributed by atoms with E-state index in [2.05, 4.69) is 20.8 Å². The molecule has 0 saturated carbocycles. The van der Waals surface area contributed by atoms with Gasteiger partial charge >= 0.3 is 11.9 Å². The van der Waals surface area contributed by atoms with E-state index in [-0.39, 0.29) is 11.1 Å². The molecular formula is C19H28O4. The number of carboxylic acids is 2. The van der Waals surface area contributed by atoms with Crippen LogP contribution in [0.1, 0.15) is 84.7 Å². The minimum absolute atomic E-state index is 0.0221. The molecule has 4 heteroatoms. The summed E-state index contributed by atoms with van der Waals surface area (Å²) >= 11 is 0. The fourth-order valence-corrected chi connectivity index (χ4v) is 2.94. The topological polar surface area (TPSA) is 74.6 Å². The van der Waals surface area contributed by atoms with Crippen molar-refractivity contribution in [1.82, 2.24) is 0 Å². The molecule has 1 aromatic carbocycles. The highest BCUT2D eigenvalue weighted by Gasteiger charge is 2.22. The summed E-state index contributed by atoms with van der Waals surface area (Å²) < 4.78 is 0. The van der Waals surface area contributed by atoms with Crippen LogP contribution in [-0.4, -0.2) is 22.2 Å². The average molecular weight is 320 g/mol. The molecular weight excluding hydrogens is 292 g/mol. The summed E-state index contributed by atoms with van der Waals surface area (Å²) in [6.07, 6.45) is 6.82. The molecule has 0 bridgehead atoms. The number of carbonyl (C=O) groups is 2. The zero-order valence-electron chi connectivity index (χ0n) is 14.4. The van der Waals surface area contributed by atoms with E-state index in [4.69, 9.17) is 0 Å². The molecule has 128 valence electrons. The fraction of sp³-hybridized carbons (Fsp3) is 0.579. The van der Waals surface area contributed by atoms with Crippen LogP contribution in [0.4, 0.5) is 0 Å². The molecule has 0 atom stereocenters. The smallest absolute Gasteiger partial charge is 0.336 e. The van der Waals surface area contributed by atoms with Gasteiger partial charge < -0.3 is 10.2 Å². The van der Waals surface area contributed by atoms with Gasteiger partial charge in [-0.3, -0.25) is 0 Å². The highest BCUT2D eigenvalue weighted by atomic mass is 16.4. The van der Waals surface area contributed by atoms with Crippen molar-refractivity contribution in [2.45, 2.75) is 65.7 Å². The molecule has 0 aliphatic rings. The van der Waals surface area contributed by atoms with E-state index in [0.29, 0.717) is 17.9 Å². The SMILES string of the molecule is CCCCCCCc1c(CC(C)C)ccc(C(=O)O)c1C(=O)O. The largest absolute Gasteiger partial charge is 0.478 e. The van der Waals surface area contributed by atoms with E-state index < -0.39 is 11.9 Å². The van der Waals surface area contributed by atoms with E-state index >= 15 is 0 Å². The molecule has 0 saturated heterocycles. The molecule has 0 aromatic heterocycles. The Morgan fingerprint density at radius 3 is 2.17 bits per heavy atom. The molecule has 0 aliphatic carbocycles. The first-order valence-electron chi connectivity index (χ1n) is 8.49. The second-order valence-corrected chi connectivity index (χ2v) is 6.50. The number of benzene rings is 1. The Hall–Kier alpha value is -1.84. The van der Waals surface area contributed by atoms with Crippen LogP contribution in [0.2, 0.25) is 0 Å². The lowest BCUT2D eigenvalue weighted by molar-refractivity contribution is 0.0650. The van der Waals surface area contributed by atoms with Crippen molar-refractivity contribution in [2.24, 2.45) is 5.92 Å². The third-order valence-corrected chi connectivity index (χ3v) is 4.01. The second kappa shape index (κ2) is 9.33. The number of hydrogen-bond donors (Lipinski definition) is 2.